The Morgan fingerprint density at radius 2 is 1.96 bits per heavy atom. The van der Waals surface area contributed by atoms with Gasteiger partial charge in [-0.1, -0.05) is 12.1 Å². The van der Waals surface area contributed by atoms with E-state index in [2.05, 4.69) is 20.2 Å². The number of carbonyl (C=O) groups is 1. The second-order valence-electron chi connectivity index (χ2n) is 6.53. The third-order valence-electron chi connectivity index (χ3n) is 4.64. The number of para-hydroxylation sites is 1. The average Bonchev–Trinajstić information content (AvgIpc) is 2.73. The Kier molecular flexibility index (Phi) is 4.82. The third kappa shape index (κ3) is 3.81. The van der Waals surface area contributed by atoms with Crippen molar-refractivity contribution in [2.24, 2.45) is 0 Å². The van der Waals surface area contributed by atoms with Gasteiger partial charge in [0.2, 0.25) is 0 Å². The van der Waals surface area contributed by atoms with E-state index in [4.69, 9.17) is 4.42 Å². The molecule has 0 unspecified atom stereocenters. The molecule has 4 rings (SSSR count). The summed E-state index contributed by atoms with van der Waals surface area (Å²) in [6, 6.07) is 9.95. The molecule has 7 heteroatoms. The normalized spacial score (nSPS) is 14.3. The fraction of sp³-hybridized carbons (Fsp3) is 0.300. The van der Waals surface area contributed by atoms with Crippen molar-refractivity contribution in [2.45, 2.75) is 25.8 Å². The molecule has 1 aliphatic rings. The lowest BCUT2D eigenvalue weighted by atomic mass is 10.1. The van der Waals surface area contributed by atoms with Gasteiger partial charge in [-0.05, 0) is 37.5 Å². The van der Waals surface area contributed by atoms with E-state index in [9.17, 15) is 9.59 Å². The molecular formula is C20H20N4O3. The van der Waals surface area contributed by atoms with Crippen LogP contribution >= 0.6 is 0 Å². The predicted octanol–water partition coefficient (Wildman–Crippen LogP) is 2.50. The highest BCUT2D eigenvalue weighted by Gasteiger charge is 2.15. The Hall–Kier alpha value is -3.22. The van der Waals surface area contributed by atoms with E-state index in [1.807, 2.05) is 6.07 Å². The van der Waals surface area contributed by atoms with Crippen molar-refractivity contribution in [2.75, 3.05) is 18.0 Å². The number of anilines is 1. The minimum absolute atomic E-state index is 0.0223. The van der Waals surface area contributed by atoms with Crippen LogP contribution in [0, 0.1) is 0 Å². The van der Waals surface area contributed by atoms with E-state index in [1.54, 1.807) is 30.5 Å². The van der Waals surface area contributed by atoms with Crippen LogP contribution in [0.1, 0.15) is 35.6 Å². The van der Waals surface area contributed by atoms with Gasteiger partial charge in [0.05, 0.1) is 11.9 Å². The molecule has 7 nitrogen and oxygen atoms in total. The highest BCUT2D eigenvalue weighted by molar-refractivity contribution is 5.93. The third-order valence-corrected chi connectivity index (χ3v) is 4.64. The number of nitrogens with zero attached hydrogens (tertiary/aromatic N) is 3. The molecule has 0 aliphatic carbocycles. The summed E-state index contributed by atoms with van der Waals surface area (Å²) in [5, 5.41) is 3.17. The van der Waals surface area contributed by atoms with E-state index < -0.39 is 5.91 Å². The number of nitrogens with one attached hydrogen (secondary N) is 1. The number of benzene rings is 1. The van der Waals surface area contributed by atoms with Gasteiger partial charge in [0.1, 0.15) is 17.2 Å². The molecule has 1 saturated heterocycles. The molecule has 138 valence electrons. The average molecular weight is 364 g/mol. The minimum atomic E-state index is -0.468. The van der Waals surface area contributed by atoms with Crippen molar-refractivity contribution < 1.29 is 9.21 Å². The van der Waals surface area contributed by atoms with E-state index >= 15 is 0 Å². The van der Waals surface area contributed by atoms with Gasteiger partial charge in [-0.15, -0.1) is 0 Å². The van der Waals surface area contributed by atoms with Crippen LogP contribution in [0.5, 0.6) is 0 Å². The SMILES string of the molecule is O=C(NCc1nccc(N2CCCCC2)n1)c1cc(=O)c2ccccc2o1. The van der Waals surface area contributed by atoms with Crippen LogP contribution in [0.4, 0.5) is 5.82 Å². The number of fused-ring (bicyclic) bond motifs is 1. The quantitative estimate of drug-likeness (QED) is 0.765. The van der Waals surface area contributed by atoms with Crippen molar-refractivity contribution in [1.82, 2.24) is 15.3 Å². The Morgan fingerprint density at radius 1 is 1.15 bits per heavy atom. The molecule has 1 amide bonds. The highest BCUT2D eigenvalue weighted by atomic mass is 16.3. The molecule has 3 heterocycles. The van der Waals surface area contributed by atoms with Crippen LogP contribution < -0.4 is 15.6 Å². The maximum Gasteiger partial charge on any atom is 0.287 e. The van der Waals surface area contributed by atoms with E-state index in [0.29, 0.717) is 16.8 Å². The first-order chi connectivity index (χ1) is 13.2. The standard InChI is InChI=1S/C20H20N4O3/c25-15-12-17(27-16-7-3-2-6-14(15)16)20(26)22-13-18-21-9-8-19(23-18)24-10-4-1-5-11-24/h2-3,6-9,12H,1,4-5,10-11,13H2,(H,22,26). The number of amides is 1. The van der Waals surface area contributed by atoms with Crippen LogP contribution in [0.3, 0.4) is 0 Å². The Bertz CT molecular complexity index is 1020. The molecule has 3 aromatic rings. The first-order valence-corrected chi connectivity index (χ1v) is 9.09. The molecule has 27 heavy (non-hydrogen) atoms. The summed E-state index contributed by atoms with van der Waals surface area (Å²) in [6.45, 7) is 2.15. The van der Waals surface area contributed by atoms with Crippen molar-refractivity contribution in [3.8, 4) is 0 Å². The number of hydrogen-bond donors (Lipinski definition) is 1. The Morgan fingerprint density at radius 3 is 2.81 bits per heavy atom. The second-order valence-corrected chi connectivity index (χ2v) is 6.53. The van der Waals surface area contributed by atoms with Crippen molar-refractivity contribution in [3.63, 3.8) is 0 Å². The van der Waals surface area contributed by atoms with Gasteiger partial charge < -0.3 is 14.6 Å². The Balaban J connectivity index is 1.47. The summed E-state index contributed by atoms with van der Waals surface area (Å²) in [6.07, 6.45) is 5.28. The first-order valence-electron chi connectivity index (χ1n) is 9.09. The zero-order valence-electron chi connectivity index (χ0n) is 14.9. The maximum absolute atomic E-state index is 12.4. The molecule has 2 aromatic heterocycles. The predicted molar refractivity (Wildman–Crippen MR) is 102 cm³/mol. The fourth-order valence-electron chi connectivity index (χ4n) is 3.23. The zero-order chi connectivity index (χ0) is 18.6. The number of carbonyl (C=O) groups excluding carboxylic acids is 1. The first kappa shape index (κ1) is 17.2. The fourth-order valence-corrected chi connectivity index (χ4v) is 3.23. The van der Waals surface area contributed by atoms with Gasteiger partial charge >= 0.3 is 0 Å². The smallest absolute Gasteiger partial charge is 0.287 e. The van der Waals surface area contributed by atoms with Gasteiger partial charge in [-0.3, -0.25) is 9.59 Å². The zero-order valence-corrected chi connectivity index (χ0v) is 14.9. The van der Waals surface area contributed by atoms with Crippen LogP contribution in [0.2, 0.25) is 0 Å². The lowest BCUT2D eigenvalue weighted by Gasteiger charge is -2.27. The van der Waals surface area contributed by atoms with Crippen LogP contribution in [-0.4, -0.2) is 29.0 Å². The number of piperidine rings is 1. The maximum atomic E-state index is 12.4. The minimum Gasteiger partial charge on any atom is -0.451 e. The highest BCUT2D eigenvalue weighted by Crippen LogP contribution is 2.17. The van der Waals surface area contributed by atoms with E-state index in [1.165, 1.54) is 12.5 Å². The summed E-state index contributed by atoms with van der Waals surface area (Å²) in [4.78, 5) is 35.5. The second kappa shape index (κ2) is 7.57. The van der Waals surface area contributed by atoms with Gasteiger partial charge in [0.15, 0.2) is 11.2 Å². The van der Waals surface area contributed by atoms with E-state index in [-0.39, 0.29) is 17.7 Å². The molecule has 1 aromatic carbocycles. The lowest BCUT2D eigenvalue weighted by Crippen LogP contribution is -2.31. The molecular weight excluding hydrogens is 344 g/mol. The number of aromatic nitrogens is 2. The number of hydrogen-bond acceptors (Lipinski definition) is 6. The summed E-state index contributed by atoms with van der Waals surface area (Å²) >= 11 is 0. The molecule has 1 aliphatic heterocycles. The molecule has 1 N–H and O–H groups in total. The van der Waals surface area contributed by atoms with Crippen LogP contribution in [0.15, 0.2) is 51.8 Å². The number of rotatable bonds is 4. The molecule has 0 bridgehead atoms. The summed E-state index contributed by atoms with van der Waals surface area (Å²) in [5.41, 5.74) is 0.142. The monoisotopic (exact) mass is 364 g/mol. The van der Waals surface area contributed by atoms with Crippen molar-refractivity contribution in [1.29, 1.82) is 0 Å². The largest absolute Gasteiger partial charge is 0.451 e. The Labute approximate surface area is 156 Å². The van der Waals surface area contributed by atoms with Gasteiger partial charge in [0, 0.05) is 25.4 Å². The molecule has 0 radical (unpaired) electrons. The molecule has 1 fully saturated rings. The van der Waals surface area contributed by atoms with Crippen molar-refractivity contribution in [3.05, 3.63) is 64.4 Å². The summed E-state index contributed by atoms with van der Waals surface area (Å²) in [7, 11) is 0. The molecule has 0 saturated carbocycles. The molecule has 0 atom stereocenters. The van der Waals surface area contributed by atoms with E-state index in [0.717, 1.165) is 31.7 Å². The van der Waals surface area contributed by atoms with Crippen LogP contribution in [0.25, 0.3) is 11.0 Å². The van der Waals surface area contributed by atoms with Gasteiger partial charge in [-0.2, -0.15) is 0 Å². The summed E-state index contributed by atoms with van der Waals surface area (Å²) in [5.74, 6) is 0.913. The van der Waals surface area contributed by atoms with Gasteiger partial charge in [-0.25, -0.2) is 9.97 Å². The topological polar surface area (TPSA) is 88.3 Å². The summed E-state index contributed by atoms with van der Waals surface area (Å²) < 4.78 is 5.55. The molecule has 0 spiro atoms. The van der Waals surface area contributed by atoms with Crippen LogP contribution in [-0.2, 0) is 6.54 Å². The lowest BCUT2D eigenvalue weighted by molar-refractivity contribution is 0.0922. The van der Waals surface area contributed by atoms with Gasteiger partial charge in [0.25, 0.3) is 5.91 Å². The van der Waals surface area contributed by atoms with Crippen molar-refractivity contribution >= 4 is 22.7 Å².